The topological polar surface area (TPSA) is 123 Å². The number of hydrogen-bond donors (Lipinski definition) is 4. The Balaban J connectivity index is 2.59. The van der Waals surface area contributed by atoms with Gasteiger partial charge >= 0.3 is 0 Å². The molecule has 0 aromatic heterocycles. The van der Waals surface area contributed by atoms with Crippen LogP contribution in [-0.4, -0.2) is 23.6 Å². The number of aliphatic hydroxyl groups excluding tert-OH is 1. The normalized spacial score (nSPS) is 13.2. The summed E-state index contributed by atoms with van der Waals surface area (Å²) in [6.45, 7) is 0.118. The second-order valence-electron chi connectivity index (χ2n) is 3.16. The minimum Gasteiger partial charge on any atom is -0.386 e. The smallest absolute Gasteiger partial charge is 0.218 e. The first-order valence-electron chi connectivity index (χ1n) is 4.72. The summed E-state index contributed by atoms with van der Waals surface area (Å²) in [6.07, 6.45) is -0.714. The number of guanidine groups is 2. The standard InChI is InChI=1S/C10H15N5O/c11-9(12)15-10(13)14-6-8(16)7-4-2-1-3-5-7/h1-5,8,16H,6H2,(H6,11,12,13,14,15). The van der Waals surface area contributed by atoms with E-state index >= 15 is 0 Å². The van der Waals surface area contributed by atoms with Crippen LogP contribution in [0, 0.1) is 0 Å². The van der Waals surface area contributed by atoms with Crippen LogP contribution in [0.1, 0.15) is 11.7 Å². The van der Waals surface area contributed by atoms with Crippen LogP contribution >= 0.6 is 0 Å². The molecular formula is C10H15N5O. The maximum Gasteiger partial charge on any atom is 0.218 e. The van der Waals surface area contributed by atoms with Crippen LogP contribution in [0.15, 0.2) is 40.3 Å². The van der Waals surface area contributed by atoms with Crippen LogP contribution in [-0.2, 0) is 0 Å². The van der Waals surface area contributed by atoms with Crippen molar-refractivity contribution < 1.29 is 5.11 Å². The molecule has 1 atom stereocenters. The summed E-state index contributed by atoms with van der Waals surface area (Å²) in [5, 5.41) is 9.73. The number of aliphatic imine (C=N–C) groups is 2. The van der Waals surface area contributed by atoms with Gasteiger partial charge in [0.05, 0.1) is 12.6 Å². The Morgan fingerprint density at radius 3 is 2.38 bits per heavy atom. The van der Waals surface area contributed by atoms with Gasteiger partial charge in [-0.1, -0.05) is 30.3 Å². The molecule has 0 aliphatic rings. The van der Waals surface area contributed by atoms with Crippen molar-refractivity contribution in [2.75, 3.05) is 6.54 Å². The van der Waals surface area contributed by atoms with Crippen LogP contribution < -0.4 is 17.2 Å². The fourth-order valence-corrected chi connectivity index (χ4v) is 1.13. The fraction of sp³-hybridized carbons (Fsp3) is 0.200. The molecule has 6 nitrogen and oxygen atoms in total. The number of rotatable bonds is 3. The minimum absolute atomic E-state index is 0.0463. The number of nitrogens with two attached hydrogens (primary N) is 3. The van der Waals surface area contributed by atoms with Gasteiger partial charge in [-0.05, 0) is 5.56 Å². The number of benzene rings is 1. The summed E-state index contributed by atoms with van der Waals surface area (Å²) < 4.78 is 0. The highest BCUT2D eigenvalue weighted by Crippen LogP contribution is 2.11. The first-order valence-corrected chi connectivity index (χ1v) is 4.72. The maximum absolute atomic E-state index is 9.73. The Hall–Kier alpha value is -2.08. The highest BCUT2D eigenvalue weighted by atomic mass is 16.3. The average Bonchev–Trinajstić information content (AvgIpc) is 2.26. The lowest BCUT2D eigenvalue weighted by atomic mass is 10.1. The fourth-order valence-electron chi connectivity index (χ4n) is 1.13. The van der Waals surface area contributed by atoms with Gasteiger partial charge in [0, 0.05) is 0 Å². The zero-order valence-corrected chi connectivity index (χ0v) is 8.74. The zero-order valence-electron chi connectivity index (χ0n) is 8.74. The van der Waals surface area contributed by atoms with Gasteiger partial charge in [0.25, 0.3) is 0 Å². The van der Waals surface area contributed by atoms with Crippen molar-refractivity contribution in [2.45, 2.75) is 6.10 Å². The molecule has 1 aromatic carbocycles. The molecule has 86 valence electrons. The second kappa shape index (κ2) is 5.72. The number of aliphatic hydroxyl groups is 1. The summed E-state index contributed by atoms with van der Waals surface area (Å²) in [5.74, 6) is -0.203. The average molecular weight is 221 g/mol. The van der Waals surface area contributed by atoms with Crippen molar-refractivity contribution in [2.24, 2.45) is 27.2 Å². The molecule has 1 unspecified atom stereocenters. The lowest BCUT2D eigenvalue weighted by molar-refractivity contribution is 0.187. The molecule has 0 heterocycles. The number of nitrogens with zero attached hydrogens (tertiary/aromatic N) is 2. The van der Waals surface area contributed by atoms with Gasteiger partial charge in [-0.3, -0.25) is 0 Å². The lowest BCUT2D eigenvalue weighted by Gasteiger charge is -2.07. The van der Waals surface area contributed by atoms with Crippen molar-refractivity contribution in [1.82, 2.24) is 0 Å². The minimum atomic E-state index is -0.714. The Morgan fingerprint density at radius 2 is 1.81 bits per heavy atom. The molecule has 0 fully saturated rings. The molecule has 0 bridgehead atoms. The summed E-state index contributed by atoms with van der Waals surface area (Å²) in [6, 6.07) is 9.14. The highest BCUT2D eigenvalue weighted by molar-refractivity contribution is 5.92. The van der Waals surface area contributed by atoms with Crippen LogP contribution in [0.4, 0.5) is 0 Å². The Labute approximate surface area is 93.5 Å². The quantitative estimate of drug-likeness (QED) is 0.398. The Bertz CT molecular complexity index is 383. The second-order valence-corrected chi connectivity index (χ2v) is 3.16. The first-order chi connectivity index (χ1) is 7.59. The summed E-state index contributed by atoms with van der Waals surface area (Å²) in [4.78, 5) is 7.37. The molecule has 0 saturated heterocycles. The van der Waals surface area contributed by atoms with Gasteiger partial charge in [0.15, 0.2) is 5.96 Å². The molecule has 0 amide bonds. The van der Waals surface area contributed by atoms with Gasteiger partial charge in [-0.2, -0.15) is 4.99 Å². The molecule has 0 radical (unpaired) electrons. The molecule has 6 heteroatoms. The van der Waals surface area contributed by atoms with E-state index in [0.717, 1.165) is 5.56 Å². The van der Waals surface area contributed by atoms with E-state index in [4.69, 9.17) is 17.2 Å². The molecule has 0 aliphatic carbocycles. The van der Waals surface area contributed by atoms with E-state index in [1.165, 1.54) is 0 Å². The third kappa shape index (κ3) is 3.97. The van der Waals surface area contributed by atoms with Crippen LogP contribution in [0.25, 0.3) is 0 Å². The lowest BCUT2D eigenvalue weighted by Crippen LogP contribution is -2.26. The van der Waals surface area contributed by atoms with Crippen LogP contribution in [0.3, 0.4) is 0 Å². The van der Waals surface area contributed by atoms with E-state index < -0.39 is 6.10 Å². The van der Waals surface area contributed by atoms with Gasteiger partial charge in [0.1, 0.15) is 0 Å². The molecule has 0 aliphatic heterocycles. The van der Waals surface area contributed by atoms with E-state index in [1.54, 1.807) is 12.1 Å². The SMILES string of the molecule is NC(N)=NC(N)=NCC(O)c1ccccc1. The molecule has 0 saturated carbocycles. The van der Waals surface area contributed by atoms with E-state index in [0.29, 0.717) is 0 Å². The monoisotopic (exact) mass is 221 g/mol. The largest absolute Gasteiger partial charge is 0.386 e. The van der Waals surface area contributed by atoms with Crippen LogP contribution in [0.5, 0.6) is 0 Å². The maximum atomic E-state index is 9.73. The highest BCUT2D eigenvalue weighted by Gasteiger charge is 2.05. The van der Waals surface area contributed by atoms with Crippen molar-refractivity contribution in [3.8, 4) is 0 Å². The first kappa shape index (κ1) is 12.0. The molecular weight excluding hydrogens is 206 g/mol. The third-order valence-corrected chi connectivity index (χ3v) is 1.85. The van der Waals surface area contributed by atoms with Gasteiger partial charge in [-0.15, -0.1) is 0 Å². The van der Waals surface area contributed by atoms with Crippen molar-refractivity contribution >= 4 is 11.9 Å². The Morgan fingerprint density at radius 1 is 1.19 bits per heavy atom. The van der Waals surface area contributed by atoms with Gasteiger partial charge in [0.2, 0.25) is 5.96 Å². The van der Waals surface area contributed by atoms with Crippen molar-refractivity contribution in [1.29, 1.82) is 0 Å². The van der Waals surface area contributed by atoms with Gasteiger partial charge in [-0.25, -0.2) is 4.99 Å². The third-order valence-electron chi connectivity index (χ3n) is 1.85. The number of hydrogen-bond acceptors (Lipinski definition) is 2. The van der Waals surface area contributed by atoms with Gasteiger partial charge < -0.3 is 22.3 Å². The molecule has 0 spiro atoms. The summed E-state index contributed by atoms with van der Waals surface area (Å²) in [7, 11) is 0. The Kier molecular flexibility index (Phi) is 4.28. The summed E-state index contributed by atoms with van der Waals surface area (Å²) in [5.41, 5.74) is 16.4. The van der Waals surface area contributed by atoms with E-state index in [1.807, 2.05) is 18.2 Å². The van der Waals surface area contributed by atoms with E-state index in [9.17, 15) is 5.11 Å². The molecule has 1 aromatic rings. The molecule has 16 heavy (non-hydrogen) atoms. The van der Waals surface area contributed by atoms with Crippen LogP contribution in [0.2, 0.25) is 0 Å². The predicted octanol–water partition coefficient (Wildman–Crippen LogP) is -0.692. The molecule has 1 rings (SSSR count). The zero-order chi connectivity index (χ0) is 12.0. The van der Waals surface area contributed by atoms with Crippen molar-refractivity contribution in [3.05, 3.63) is 35.9 Å². The molecule has 7 N–H and O–H groups in total. The van der Waals surface area contributed by atoms with Crippen molar-refractivity contribution in [3.63, 3.8) is 0 Å². The summed E-state index contributed by atoms with van der Waals surface area (Å²) >= 11 is 0. The van der Waals surface area contributed by atoms with E-state index in [2.05, 4.69) is 9.98 Å². The van der Waals surface area contributed by atoms with E-state index in [-0.39, 0.29) is 18.5 Å². The predicted molar refractivity (Wildman–Crippen MR) is 63.7 cm³/mol.